The van der Waals surface area contributed by atoms with Crippen LogP contribution in [-0.2, 0) is 12.3 Å². The van der Waals surface area contributed by atoms with Crippen LogP contribution in [-0.4, -0.2) is 43.3 Å². The second-order valence-corrected chi connectivity index (χ2v) is 5.77. The van der Waals surface area contributed by atoms with Crippen molar-refractivity contribution in [3.8, 4) is 0 Å². The van der Waals surface area contributed by atoms with Gasteiger partial charge in [-0.15, -0.1) is 0 Å². The van der Waals surface area contributed by atoms with E-state index in [0.29, 0.717) is 12.4 Å². The van der Waals surface area contributed by atoms with Gasteiger partial charge in [0.1, 0.15) is 11.5 Å². The van der Waals surface area contributed by atoms with E-state index in [1.54, 1.807) is 18.8 Å². The van der Waals surface area contributed by atoms with Gasteiger partial charge in [-0.1, -0.05) is 0 Å². The minimum absolute atomic E-state index is 0. The number of hydrogen-bond donors (Lipinski definition) is 2. The van der Waals surface area contributed by atoms with E-state index in [2.05, 4.69) is 15.5 Å². The summed E-state index contributed by atoms with van der Waals surface area (Å²) in [7, 11) is 5.64. The van der Waals surface area contributed by atoms with E-state index < -0.39 is 4.92 Å². The van der Waals surface area contributed by atoms with Crippen LogP contribution in [0.5, 0.6) is 0 Å². The molecule has 0 saturated carbocycles. The molecule has 1 aromatic rings. The first-order valence-electron chi connectivity index (χ1n) is 6.58. The Hall–Kier alpha value is -1.38. The number of nitro groups is 1. The normalized spacial score (nSPS) is 11.2. The van der Waals surface area contributed by atoms with Crippen molar-refractivity contribution in [3.05, 3.63) is 45.8 Å². The highest BCUT2D eigenvalue weighted by Gasteiger charge is 2.04. The molecule has 7 nitrogen and oxygen atoms in total. The summed E-state index contributed by atoms with van der Waals surface area (Å²) in [5, 5.41) is 16.1. The second-order valence-electron chi connectivity index (χ2n) is 4.66. The lowest BCUT2D eigenvalue weighted by Gasteiger charge is -2.07. The highest BCUT2D eigenvalue weighted by molar-refractivity contribution is 7.98. The third-order valence-electron chi connectivity index (χ3n) is 2.50. The van der Waals surface area contributed by atoms with Gasteiger partial charge in [-0.25, -0.2) is 0 Å². The lowest BCUT2D eigenvalue weighted by Crippen LogP contribution is -3.00. The molecule has 2 N–H and O–H groups in total. The molecule has 22 heavy (non-hydrogen) atoms. The summed E-state index contributed by atoms with van der Waals surface area (Å²) in [6, 6.07) is 3.98. The third-order valence-corrected chi connectivity index (χ3v) is 3.48. The van der Waals surface area contributed by atoms with Crippen LogP contribution in [0.25, 0.3) is 0 Å². The minimum Gasteiger partial charge on any atom is -1.00 e. The maximum Gasteiger partial charge on any atom is 0.274 e. The monoisotopic (exact) mass is 349 g/mol. The topological polar surface area (TPSA) is 83.6 Å². The van der Waals surface area contributed by atoms with Crippen molar-refractivity contribution in [2.45, 2.75) is 12.3 Å². The molecule has 0 spiro atoms. The molecule has 0 aliphatic carbocycles. The molecule has 0 radical (unpaired) electrons. The number of furan rings is 1. The predicted molar refractivity (Wildman–Crippen MR) is 84.4 cm³/mol. The molecule has 1 aromatic heterocycles. The van der Waals surface area contributed by atoms with Crippen LogP contribution in [0.1, 0.15) is 11.5 Å². The lowest BCUT2D eigenvalue weighted by molar-refractivity contribution is -0.404. The molecule has 126 valence electrons. The SMILES string of the molecule is CN/C(=C\[N+](=O)[O-])NCCSCc1ccc(CN(C)C)o1.[Cl-]. The summed E-state index contributed by atoms with van der Waals surface area (Å²) in [5.41, 5.74) is 0. The first-order chi connectivity index (χ1) is 10.0. The Morgan fingerprint density at radius 2 is 2.14 bits per heavy atom. The molecule has 0 aliphatic heterocycles. The van der Waals surface area contributed by atoms with Crippen molar-refractivity contribution in [1.29, 1.82) is 0 Å². The summed E-state index contributed by atoms with van der Waals surface area (Å²) >= 11 is 1.72. The van der Waals surface area contributed by atoms with Crippen molar-refractivity contribution in [3.63, 3.8) is 0 Å². The molecular formula is C13H22ClN4O3S-. The third kappa shape index (κ3) is 8.81. The summed E-state index contributed by atoms with van der Waals surface area (Å²) in [6.07, 6.45) is 0.921. The molecule has 0 unspecified atom stereocenters. The smallest absolute Gasteiger partial charge is 0.274 e. The molecular weight excluding hydrogens is 328 g/mol. The van der Waals surface area contributed by atoms with E-state index in [9.17, 15) is 10.1 Å². The van der Waals surface area contributed by atoms with Crippen molar-refractivity contribution in [2.75, 3.05) is 33.4 Å². The number of nitrogens with zero attached hydrogens (tertiary/aromatic N) is 2. The second kappa shape index (κ2) is 11.2. The maximum absolute atomic E-state index is 10.3. The Bertz CT molecular complexity index is 480. The highest BCUT2D eigenvalue weighted by atomic mass is 35.5. The zero-order valence-electron chi connectivity index (χ0n) is 13.0. The number of rotatable bonds is 10. The van der Waals surface area contributed by atoms with Gasteiger partial charge in [0.05, 0.1) is 17.2 Å². The van der Waals surface area contributed by atoms with Crippen LogP contribution in [0.4, 0.5) is 0 Å². The van der Waals surface area contributed by atoms with Crippen LogP contribution >= 0.6 is 11.8 Å². The van der Waals surface area contributed by atoms with Gasteiger partial charge >= 0.3 is 0 Å². The lowest BCUT2D eigenvalue weighted by atomic mass is 10.4. The zero-order valence-corrected chi connectivity index (χ0v) is 14.5. The van der Waals surface area contributed by atoms with Crippen LogP contribution in [0.2, 0.25) is 0 Å². The van der Waals surface area contributed by atoms with Gasteiger partial charge in [-0.05, 0) is 26.2 Å². The van der Waals surface area contributed by atoms with E-state index in [1.165, 1.54) is 0 Å². The van der Waals surface area contributed by atoms with Gasteiger partial charge in [-0.3, -0.25) is 10.1 Å². The molecule has 1 heterocycles. The highest BCUT2D eigenvalue weighted by Crippen LogP contribution is 2.15. The quantitative estimate of drug-likeness (QED) is 0.301. The van der Waals surface area contributed by atoms with Gasteiger partial charge in [0.2, 0.25) is 0 Å². The van der Waals surface area contributed by atoms with E-state index in [4.69, 9.17) is 4.42 Å². The van der Waals surface area contributed by atoms with Gasteiger partial charge in [-0.2, -0.15) is 11.8 Å². The van der Waals surface area contributed by atoms with Crippen molar-refractivity contribution < 1.29 is 21.7 Å². The summed E-state index contributed by atoms with van der Waals surface area (Å²) in [4.78, 5) is 11.9. The Kier molecular flexibility index (Phi) is 10.5. The number of thioether (sulfide) groups is 1. The summed E-state index contributed by atoms with van der Waals surface area (Å²) < 4.78 is 5.70. The van der Waals surface area contributed by atoms with Gasteiger partial charge in [0, 0.05) is 19.3 Å². The largest absolute Gasteiger partial charge is 1.00 e. The standard InChI is InChI=1S/C13H22N4O3S.ClH/c1-14-13(9-17(18)19)15-6-7-21-10-12-5-4-11(20-12)8-16(2)3;/h4-5,9,14-15H,6-8,10H2,1-3H3;1H/p-1/b13-9+;. The Balaban J connectivity index is 0.00000441. The molecule has 0 saturated heterocycles. The fourth-order valence-electron chi connectivity index (χ4n) is 1.63. The zero-order chi connectivity index (χ0) is 15.7. The summed E-state index contributed by atoms with van der Waals surface area (Å²) in [6.45, 7) is 1.44. The first kappa shape index (κ1) is 20.6. The molecule has 0 fully saturated rings. The van der Waals surface area contributed by atoms with E-state index in [0.717, 1.165) is 35.8 Å². The van der Waals surface area contributed by atoms with Crippen LogP contribution < -0.4 is 23.0 Å². The number of hydrogen-bond acceptors (Lipinski definition) is 7. The molecule has 0 aromatic carbocycles. The Morgan fingerprint density at radius 3 is 2.73 bits per heavy atom. The van der Waals surface area contributed by atoms with E-state index in [1.807, 2.05) is 26.2 Å². The molecule has 1 rings (SSSR count). The van der Waals surface area contributed by atoms with Crippen molar-refractivity contribution >= 4 is 11.8 Å². The van der Waals surface area contributed by atoms with E-state index in [-0.39, 0.29) is 12.4 Å². The molecule has 0 atom stereocenters. The van der Waals surface area contributed by atoms with Gasteiger partial charge in [0.15, 0.2) is 5.82 Å². The Labute approximate surface area is 141 Å². The average Bonchev–Trinajstić information content (AvgIpc) is 2.83. The maximum atomic E-state index is 10.3. The van der Waals surface area contributed by atoms with Crippen molar-refractivity contribution in [1.82, 2.24) is 15.5 Å². The van der Waals surface area contributed by atoms with E-state index >= 15 is 0 Å². The number of nitrogens with one attached hydrogen (secondary N) is 2. The number of halogens is 1. The Morgan fingerprint density at radius 1 is 1.45 bits per heavy atom. The molecule has 0 bridgehead atoms. The molecule has 9 heteroatoms. The van der Waals surface area contributed by atoms with Gasteiger partial charge < -0.3 is 32.4 Å². The van der Waals surface area contributed by atoms with Crippen molar-refractivity contribution in [2.24, 2.45) is 0 Å². The predicted octanol–water partition coefficient (Wildman–Crippen LogP) is -1.54. The average molecular weight is 350 g/mol. The fraction of sp³-hybridized carbons (Fsp3) is 0.538. The van der Waals surface area contributed by atoms with Crippen LogP contribution in [0, 0.1) is 10.1 Å². The molecule has 0 amide bonds. The summed E-state index contributed by atoms with van der Waals surface area (Å²) in [5.74, 6) is 3.95. The minimum atomic E-state index is -0.485. The fourth-order valence-corrected chi connectivity index (χ4v) is 2.38. The first-order valence-corrected chi connectivity index (χ1v) is 7.73. The van der Waals surface area contributed by atoms with Crippen LogP contribution in [0.15, 0.2) is 28.6 Å². The van der Waals surface area contributed by atoms with Crippen LogP contribution in [0.3, 0.4) is 0 Å². The molecule has 0 aliphatic rings. The van der Waals surface area contributed by atoms with Gasteiger partial charge in [0.25, 0.3) is 6.20 Å².